The van der Waals surface area contributed by atoms with Gasteiger partial charge in [-0.15, -0.1) is 0 Å². The summed E-state index contributed by atoms with van der Waals surface area (Å²) in [6.45, 7) is 0. The fourth-order valence-corrected chi connectivity index (χ4v) is 1.95. The Hall–Kier alpha value is -2.27. The number of hydrogen-bond donors (Lipinski definition) is 2. The summed E-state index contributed by atoms with van der Waals surface area (Å²) in [7, 11) is 0. The van der Waals surface area contributed by atoms with Crippen LogP contribution in [0.15, 0.2) is 40.8 Å². The van der Waals surface area contributed by atoms with Gasteiger partial charge in [0.15, 0.2) is 0 Å². The molecule has 0 bridgehead atoms. The van der Waals surface area contributed by atoms with Gasteiger partial charge in [-0.1, -0.05) is 23.7 Å². The van der Waals surface area contributed by atoms with Crippen molar-refractivity contribution in [1.82, 2.24) is 0 Å². The molecule has 0 radical (unpaired) electrons. The summed E-state index contributed by atoms with van der Waals surface area (Å²) in [5.41, 5.74) is 0.773. The molecule has 5 nitrogen and oxygen atoms in total. The van der Waals surface area contributed by atoms with Crippen molar-refractivity contribution in [1.29, 1.82) is 0 Å². The average Bonchev–Trinajstić information content (AvgIpc) is 2.87. The Balaban J connectivity index is 2.24. The summed E-state index contributed by atoms with van der Waals surface area (Å²) in [4.78, 5) is 22.1. The molecule has 0 fully saturated rings. The predicted molar refractivity (Wildman–Crippen MR) is 71.2 cm³/mol. The maximum absolute atomic E-state index is 11.3. The fourth-order valence-electron chi connectivity index (χ4n) is 1.82. The van der Waals surface area contributed by atoms with Gasteiger partial charge < -0.3 is 14.6 Å². The third-order valence-electron chi connectivity index (χ3n) is 2.83. The van der Waals surface area contributed by atoms with Gasteiger partial charge in [0.2, 0.25) is 5.76 Å². The van der Waals surface area contributed by atoms with Crippen molar-refractivity contribution in [2.24, 2.45) is 0 Å². The van der Waals surface area contributed by atoms with E-state index in [0.29, 0.717) is 5.02 Å². The molecule has 0 saturated carbocycles. The van der Waals surface area contributed by atoms with Crippen LogP contribution in [0.4, 0.5) is 0 Å². The van der Waals surface area contributed by atoms with E-state index in [1.807, 2.05) is 0 Å². The first-order chi connectivity index (χ1) is 9.47. The van der Waals surface area contributed by atoms with Crippen molar-refractivity contribution < 1.29 is 24.2 Å². The van der Waals surface area contributed by atoms with Gasteiger partial charge in [-0.05, 0) is 36.2 Å². The highest BCUT2D eigenvalue weighted by Gasteiger charge is 2.25. The van der Waals surface area contributed by atoms with Crippen LogP contribution in [0.3, 0.4) is 0 Å². The van der Waals surface area contributed by atoms with E-state index in [-0.39, 0.29) is 17.9 Å². The van der Waals surface area contributed by atoms with E-state index in [4.69, 9.17) is 21.1 Å². The average molecular weight is 295 g/mol. The minimum Gasteiger partial charge on any atom is -0.481 e. The zero-order valence-corrected chi connectivity index (χ0v) is 11.0. The first kappa shape index (κ1) is 14.1. The zero-order valence-electron chi connectivity index (χ0n) is 10.2. The lowest BCUT2D eigenvalue weighted by Crippen LogP contribution is -2.13. The number of carbonyl (C=O) groups is 2. The lowest BCUT2D eigenvalue weighted by atomic mass is 9.97. The summed E-state index contributed by atoms with van der Waals surface area (Å²) in [6, 6.07) is 9.40. The third kappa shape index (κ3) is 3.19. The summed E-state index contributed by atoms with van der Waals surface area (Å²) >= 11 is 5.77. The van der Waals surface area contributed by atoms with Gasteiger partial charge in [-0.3, -0.25) is 4.79 Å². The molecule has 104 valence electrons. The Morgan fingerprint density at radius 2 is 1.75 bits per heavy atom. The van der Waals surface area contributed by atoms with Crippen molar-refractivity contribution >= 4 is 23.5 Å². The van der Waals surface area contributed by atoms with E-state index < -0.39 is 17.9 Å². The Kier molecular flexibility index (Phi) is 4.10. The predicted octanol–water partition coefficient (Wildman–Crippen LogP) is 3.04. The molecule has 6 heteroatoms. The van der Waals surface area contributed by atoms with Gasteiger partial charge in [0.05, 0.1) is 0 Å². The number of halogens is 1. The number of rotatable bonds is 5. The molecule has 0 aliphatic carbocycles. The molecule has 1 aromatic heterocycles. The van der Waals surface area contributed by atoms with Gasteiger partial charge >= 0.3 is 11.9 Å². The molecule has 2 N–H and O–H groups in total. The maximum Gasteiger partial charge on any atom is 0.371 e. The van der Waals surface area contributed by atoms with Crippen molar-refractivity contribution in [2.45, 2.75) is 12.3 Å². The first-order valence-corrected chi connectivity index (χ1v) is 6.15. The molecule has 1 unspecified atom stereocenters. The molecule has 0 aliphatic heterocycles. The van der Waals surface area contributed by atoms with E-state index >= 15 is 0 Å². The van der Waals surface area contributed by atoms with Crippen LogP contribution in [-0.2, 0) is 11.2 Å². The van der Waals surface area contributed by atoms with Crippen molar-refractivity contribution in [3.8, 4) is 0 Å². The van der Waals surface area contributed by atoms with Crippen LogP contribution in [0.1, 0.15) is 27.8 Å². The van der Waals surface area contributed by atoms with Crippen LogP contribution in [0.2, 0.25) is 5.02 Å². The van der Waals surface area contributed by atoms with E-state index in [1.165, 1.54) is 12.1 Å². The number of aliphatic carboxylic acids is 1. The second-order valence-corrected chi connectivity index (χ2v) is 4.67. The molecule has 0 saturated heterocycles. The van der Waals surface area contributed by atoms with Gasteiger partial charge in [0.1, 0.15) is 11.7 Å². The van der Waals surface area contributed by atoms with Crippen molar-refractivity contribution in [2.75, 3.05) is 0 Å². The number of carboxylic acids is 2. The van der Waals surface area contributed by atoms with Crippen LogP contribution >= 0.6 is 11.6 Å². The third-order valence-corrected chi connectivity index (χ3v) is 3.08. The highest BCUT2D eigenvalue weighted by atomic mass is 35.5. The highest BCUT2D eigenvalue weighted by Crippen LogP contribution is 2.24. The van der Waals surface area contributed by atoms with Crippen LogP contribution in [0.25, 0.3) is 0 Å². The van der Waals surface area contributed by atoms with Gasteiger partial charge in [0, 0.05) is 5.02 Å². The second kappa shape index (κ2) is 5.79. The number of benzene rings is 1. The molecule has 0 spiro atoms. The molecule has 2 rings (SSSR count). The summed E-state index contributed by atoms with van der Waals surface area (Å²) in [5.74, 6) is -3.41. The number of carboxylic acid groups (broad SMARTS) is 2. The summed E-state index contributed by atoms with van der Waals surface area (Å²) in [5, 5.41) is 18.6. The SMILES string of the molecule is O=C(O)c1ccc(C(Cc2ccc(Cl)cc2)C(=O)O)o1. The Bertz CT molecular complexity index is 629. The molecule has 0 aliphatic rings. The number of furan rings is 1. The highest BCUT2D eigenvalue weighted by molar-refractivity contribution is 6.30. The van der Waals surface area contributed by atoms with E-state index in [0.717, 1.165) is 5.56 Å². The minimum absolute atomic E-state index is 0.116. The largest absolute Gasteiger partial charge is 0.481 e. The molecule has 20 heavy (non-hydrogen) atoms. The molecular weight excluding hydrogens is 284 g/mol. The van der Waals surface area contributed by atoms with E-state index in [9.17, 15) is 14.7 Å². The van der Waals surface area contributed by atoms with Gasteiger partial charge in [-0.25, -0.2) is 4.79 Å². The normalized spacial score (nSPS) is 12.1. The number of hydrogen-bond acceptors (Lipinski definition) is 3. The first-order valence-electron chi connectivity index (χ1n) is 5.77. The quantitative estimate of drug-likeness (QED) is 0.885. The number of aromatic carboxylic acids is 1. The molecule has 1 heterocycles. The monoisotopic (exact) mass is 294 g/mol. The van der Waals surface area contributed by atoms with E-state index in [2.05, 4.69) is 0 Å². The smallest absolute Gasteiger partial charge is 0.371 e. The lowest BCUT2D eigenvalue weighted by molar-refractivity contribution is -0.139. The molecule has 0 amide bonds. The second-order valence-electron chi connectivity index (χ2n) is 4.23. The summed E-state index contributed by atoms with van der Waals surface area (Å²) in [6.07, 6.45) is 0.194. The van der Waals surface area contributed by atoms with Crippen LogP contribution in [-0.4, -0.2) is 22.2 Å². The molecule has 1 atom stereocenters. The van der Waals surface area contributed by atoms with Crippen molar-refractivity contribution in [3.63, 3.8) is 0 Å². The van der Waals surface area contributed by atoms with Crippen LogP contribution < -0.4 is 0 Å². The van der Waals surface area contributed by atoms with Crippen molar-refractivity contribution in [3.05, 3.63) is 58.5 Å². The Morgan fingerprint density at radius 3 is 2.25 bits per heavy atom. The maximum atomic E-state index is 11.3. The van der Waals surface area contributed by atoms with Gasteiger partial charge in [0.25, 0.3) is 0 Å². The molecule has 1 aromatic carbocycles. The molecular formula is C14H11ClO5. The van der Waals surface area contributed by atoms with Crippen LogP contribution in [0, 0.1) is 0 Å². The summed E-state index contributed by atoms with van der Waals surface area (Å²) < 4.78 is 5.06. The molecule has 2 aromatic rings. The lowest BCUT2D eigenvalue weighted by Gasteiger charge is -2.09. The Labute approximate surface area is 119 Å². The van der Waals surface area contributed by atoms with E-state index in [1.54, 1.807) is 24.3 Å². The zero-order chi connectivity index (χ0) is 14.7. The van der Waals surface area contributed by atoms with Gasteiger partial charge in [-0.2, -0.15) is 0 Å². The van der Waals surface area contributed by atoms with Crippen LogP contribution in [0.5, 0.6) is 0 Å². The minimum atomic E-state index is -1.23. The Morgan fingerprint density at radius 1 is 1.10 bits per heavy atom. The topological polar surface area (TPSA) is 87.7 Å². The fraction of sp³-hybridized carbons (Fsp3) is 0.143. The standard InChI is InChI=1S/C14H11ClO5/c15-9-3-1-8(2-4-9)7-10(13(16)17)11-5-6-12(20-11)14(18)19/h1-6,10H,7H2,(H,16,17)(H,18,19).